The Bertz CT molecular complexity index is 772. The lowest BCUT2D eigenvalue weighted by molar-refractivity contribution is -0.137. The molecular weight excluding hydrogens is 341 g/mol. The number of halogens is 3. The van der Waals surface area contributed by atoms with E-state index in [0.29, 0.717) is 11.1 Å². The Kier molecular flexibility index (Phi) is 3.87. The molecule has 0 bridgehead atoms. The van der Waals surface area contributed by atoms with Crippen molar-refractivity contribution in [3.05, 3.63) is 57.8 Å². The van der Waals surface area contributed by atoms with Crippen LogP contribution in [0.4, 0.5) is 18.0 Å². The van der Waals surface area contributed by atoms with E-state index in [9.17, 15) is 22.8 Å². The van der Waals surface area contributed by atoms with E-state index in [1.807, 2.05) is 0 Å². The molecule has 3 rings (SSSR count). The second-order valence-corrected chi connectivity index (χ2v) is 6.43. The van der Waals surface area contributed by atoms with Gasteiger partial charge < -0.3 is 5.32 Å². The molecular formula is C16H13F3N2O2S. The van der Waals surface area contributed by atoms with Gasteiger partial charge in [0, 0.05) is 0 Å². The molecule has 1 aromatic heterocycles. The van der Waals surface area contributed by atoms with Crippen LogP contribution in [0, 0.1) is 0 Å². The summed E-state index contributed by atoms with van der Waals surface area (Å²) in [6.45, 7) is 1.53. The minimum absolute atomic E-state index is 0.0808. The molecule has 4 nitrogen and oxygen atoms in total. The van der Waals surface area contributed by atoms with Crippen molar-refractivity contribution in [3.63, 3.8) is 0 Å². The van der Waals surface area contributed by atoms with E-state index in [-0.39, 0.29) is 6.54 Å². The van der Waals surface area contributed by atoms with Crippen LogP contribution in [0.3, 0.4) is 0 Å². The maximum absolute atomic E-state index is 12.6. The van der Waals surface area contributed by atoms with Gasteiger partial charge in [0.25, 0.3) is 5.91 Å². The Balaban J connectivity index is 1.81. The molecule has 1 atom stereocenters. The number of carbonyl (C=O) groups is 2. The number of hydrogen-bond acceptors (Lipinski definition) is 3. The number of thiophene rings is 1. The molecule has 0 aliphatic carbocycles. The van der Waals surface area contributed by atoms with Crippen LogP contribution in [0.2, 0.25) is 0 Å². The first-order chi connectivity index (χ1) is 11.2. The van der Waals surface area contributed by atoms with Crippen molar-refractivity contribution in [2.24, 2.45) is 0 Å². The van der Waals surface area contributed by atoms with Gasteiger partial charge in [-0.2, -0.15) is 24.5 Å². The average Bonchev–Trinajstić information content (AvgIpc) is 3.12. The quantitative estimate of drug-likeness (QED) is 0.854. The first-order valence-corrected chi connectivity index (χ1v) is 7.99. The molecule has 126 valence electrons. The second-order valence-electron chi connectivity index (χ2n) is 5.65. The average molecular weight is 354 g/mol. The van der Waals surface area contributed by atoms with Crippen LogP contribution < -0.4 is 5.32 Å². The molecule has 0 spiro atoms. The summed E-state index contributed by atoms with van der Waals surface area (Å²) < 4.78 is 37.7. The Morgan fingerprint density at radius 1 is 1.17 bits per heavy atom. The maximum atomic E-state index is 12.6. The van der Waals surface area contributed by atoms with Crippen molar-refractivity contribution < 1.29 is 22.8 Å². The zero-order valence-corrected chi connectivity index (χ0v) is 13.4. The fraction of sp³-hybridized carbons (Fsp3) is 0.250. The number of urea groups is 1. The summed E-state index contributed by atoms with van der Waals surface area (Å²) in [7, 11) is 0. The number of imide groups is 1. The Labute approximate surface area is 139 Å². The minimum Gasteiger partial charge on any atom is -0.319 e. The van der Waals surface area contributed by atoms with Crippen LogP contribution >= 0.6 is 11.3 Å². The van der Waals surface area contributed by atoms with Gasteiger partial charge in [-0.3, -0.25) is 9.69 Å². The molecule has 8 heteroatoms. The van der Waals surface area contributed by atoms with Crippen LogP contribution in [0.5, 0.6) is 0 Å². The van der Waals surface area contributed by atoms with E-state index in [2.05, 4.69) is 5.32 Å². The van der Waals surface area contributed by atoms with Gasteiger partial charge in [0.1, 0.15) is 5.54 Å². The van der Waals surface area contributed by atoms with Crippen molar-refractivity contribution in [1.82, 2.24) is 10.2 Å². The molecule has 1 fully saturated rings. The van der Waals surface area contributed by atoms with Gasteiger partial charge in [-0.25, -0.2) is 4.79 Å². The number of hydrogen-bond donors (Lipinski definition) is 1. The number of alkyl halides is 3. The molecule has 2 aromatic rings. The molecule has 1 aliphatic heterocycles. The van der Waals surface area contributed by atoms with Crippen LogP contribution in [-0.4, -0.2) is 16.8 Å². The molecule has 24 heavy (non-hydrogen) atoms. The lowest BCUT2D eigenvalue weighted by Gasteiger charge is -2.20. The standard InChI is InChI=1S/C16H13F3N2O2S/c1-15(12-6-7-24-9-12)13(22)21(14(23)20-15)8-10-2-4-11(5-3-10)16(17,18)19/h2-7,9H,8H2,1H3,(H,20,23). The van der Waals surface area contributed by atoms with Crippen molar-refractivity contribution >= 4 is 23.3 Å². The third-order valence-electron chi connectivity index (χ3n) is 4.00. The molecule has 1 aromatic carbocycles. The number of benzene rings is 1. The highest BCUT2D eigenvalue weighted by Gasteiger charge is 2.49. The van der Waals surface area contributed by atoms with Crippen molar-refractivity contribution in [2.45, 2.75) is 25.2 Å². The van der Waals surface area contributed by atoms with Crippen molar-refractivity contribution in [1.29, 1.82) is 0 Å². The summed E-state index contributed by atoms with van der Waals surface area (Å²) >= 11 is 1.41. The van der Waals surface area contributed by atoms with Gasteiger partial charge in [0.05, 0.1) is 12.1 Å². The third kappa shape index (κ3) is 2.77. The van der Waals surface area contributed by atoms with Crippen molar-refractivity contribution in [3.8, 4) is 0 Å². The predicted octanol–water partition coefficient (Wildman–Crippen LogP) is 3.73. The summed E-state index contributed by atoms with van der Waals surface area (Å²) in [6.07, 6.45) is -4.42. The monoisotopic (exact) mass is 354 g/mol. The molecule has 2 heterocycles. The molecule has 0 radical (unpaired) electrons. The zero-order chi connectivity index (χ0) is 17.5. The van der Waals surface area contributed by atoms with E-state index < -0.39 is 29.2 Å². The zero-order valence-electron chi connectivity index (χ0n) is 12.6. The molecule has 0 saturated carbocycles. The smallest absolute Gasteiger partial charge is 0.319 e. The third-order valence-corrected chi connectivity index (χ3v) is 4.68. The highest BCUT2D eigenvalue weighted by atomic mass is 32.1. The molecule has 1 N–H and O–H groups in total. The van der Waals surface area contributed by atoms with Crippen LogP contribution in [-0.2, 0) is 23.1 Å². The predicted molar refractivity (Wildman–Crippen MR) is 82.2 cm³/mol. The summed E-state index contributed by atoms with van der Waals surface area (Å²) in [6, 6.07) is 5.60. The molecule has 1 aliphatic rings. The number of carbonyl (C=O) groups excluding carboxylic acids is 2. The normalized spacial score (nSPS) is 21.2. The summed E-state index contributed by atoms with van der Waals surface area (Å²) in [5.41, 5.74) is -0.795. The Morgan fingerprint density at radius 2 is 1.83 bits per heavy atom. The highest BCUT2D eigenvalue weighted by molar-refractivity contribution is 7.08. The fourth-order valence-electron chi connectivity index (χ4n) is 2.57. The van der Waals surface area contributed by atoms with Crippen LogP contribution in [0.15, 0.2) is 41.1 Å². The van der Waals surface area contributed by atoms with E-state index in [1.165, 1.54) is 23.5 Å². The summed E-state index contributed by atoms with van der Waals surface area (Å²) in [5, 5.41) is 6.23. The topological polar surface area (TPSA) is 49.4 Å². The first kappa shape index (κ1) is 16.5. The Morgan fingerprint density at radius 3 is 2.38 bits per heavy atom. The second kappa shape index (κ2) is 5.62. The summed E-state index contributed by atoms with van der Waals surface area (Å²) in [5.74, 6) is -0.425. The fourth-order valence-corrected chi connectivity index (χ4v) is 3.33. The van der Waals surface area contributed by atoms with Gasteiger partial charge in [-0.05, 0) is 47.0 Å². The SMILES string of the molecule is CC1(c2ccsc2)NC(=O)N(Cc2ccc(C(F)(F)F)cc2)C1=O. The van der Waals surface area contributed by atoms with Gasteiger partial charge in [-0.1, -0.05) is 12.1 Å². The lowest BCUT2D eigenvalue weighted by Crippen LogP contribution is -2.40. The van der Waals surface area contributed by atoms with E-state index in [0.717, 1.165) is 17.0 Å². The Hall–Kier alpha value is -2.35. The number of rotatable bonds is 3. The largest absolute Gasteiger partial charge is 0.416 e. The minimum atomic E-state index is -4.42. The van der Waals surface area contributed by atoms with Crippen LogP contribution in [0.1, 0.15) is 23.6 Å². The first-order valence-electron chi connectivity index (χ1n) is 7.05. The number of amides is 3. The van der Waals surface area contributed by atoms with E-state index in [4.69, 9.17) is 0 Å². The van der Waals surface area contributed by atoms with Gasteiger partial charge in [0.15, 0.2) is 0 Å². The summed E-state index contributed by atoms with van der Waals surface area (Å²) in [4.78, 5) is 25.8. The molecule has 1 saturated heterocycles. The van der Waals surface area contributed by atoms with Gasteiger partial charge in [-0.15, -0.1) is 0 Å². The number of nitrogens with one attached hydrogen (secondary N) is 1. The maximum Gasteiger partial charge on any atom is 0.416 e. The van der Waals surface area contributed by atoms with Gasteiger partial charge >= 0.3 is 12.2 Å². The lowest BCUT2D eigenvalue weighted by atomic mass is 9.95. The van der Waals surface area contributed by atoms with Gasteiger partial charge in [0.2, 0.25) is 0 Å². The van der Waals surface area contributed by atoms with E-state index in [1.54, 1.807) is 23.8 Å². The molecule has 1 unspecified atom stereocenters. The van der Waals surface area contributed by atoms with Crippen molar-refractivity contribution in [2.75, 3.05) is 0 Å². The van der Waals surface area contributed by atoms with Crippen LogP contribution in [0.25, 0.3) is 0 Å². The van der Waals surface area contributed by atoms with E-state index >= 15 is 0 Å². The molecule has 3 amide bonds. The number of nitrogens with zero attached hydrogens (tertiary/aromatic N) is 1. The highest BCUT2D eigenvalue weighted by Crippen LogP contribution is 2.32.